The number of hydrogen-bond donors (Lipinski definition) is 5. The van der Waals surface area contributed by atoms with Crippen molar-refractivity contribution in [3.8, 4) is 5.75 Å². The molecular formula is C29H35N7O8. The Kier molecular flexibility index (Phi) is 9.08. The smallest absolute Gasteiger partial charge is 0.310 e. The van der Waals surface area contributed by atoms with Crippen LogP contribution in [0.2, 0.25) is 0 Å². The molecule has 0 aromatic heterocycles. The highest BCUT2D eigenvalue weighted by Crippen LogP contribution is 2.30. The van der Waals surface area contributed by atoms with Gasteiger partial charge in [-0.1, -0.05) is 30.3 Å². The second kappa shape index (κ2) is 13.0. The molecule has 6 N–H and O–H groups in total. The lowest BCUT2D eigenvalue weighted by molar-refractivity contribution is -0.385. The second-order valence-corrected chi connectivity index (χ2v) is 11.4. The minimum Gasteiger partial charge on any atom is -0.502 e. The summed E-state index contributed by atoms with van der Waals surface area (Å²) in [7, 11) is 1.98. The van der Waals surface area contributed by atoms with E-state index in [1.54, 1.807) is 5.01 Å². The first-order valence-corrected chi connectivity index (χ1v) is 14.3. The van der Waals surface area contributed by atoms with E-state index < -0.39 is 64.3 Å². The number of nitro groups is 1. The lowest BCUT2D eigenvalue weighted by Gasteiger charge is -2.32. The number of likely N-dealkylation sites (N-methyl/N-ethyl adjacent to an activating group) is 1. The maximum absolute atomic E-state index is 13.6. The average molecular weight is 610 g/mol. The zero-order valence-corrected chi connectivity index (χ0v) is 24.1. The van der Waals surface area contributed by atoms with Crippen molar-refractivity contribution in [1.29, 1.82) is 0 Å². The van der Waals surface area contributed by atoms with E-state index in [1.165, 1.54) is 6.07 Å². The number of hydrogen-bond acceptors (Lipinski definition) is 10. The van der Waals surface area contributed by atoms with Crippen LogP contribution < -0.4 is 21.8 Å². The number of phenols is 1. The third-order valence-corrected chi connectivity index (χ3v) is 8.25. The summed E-state index contributed by atoms with van der Waals surface area (Å²) in [6.45, 7) is 2.75. The standard InChI is InChI=1S/C29H35N7O8/c1-34-8-10-35(11-9-34)33-29(41)25-24(44-25)28(40)31-20(12-16-6-7-22(37)21(13-16)36(42)43)27(39)32-23(26(30)38)19-14-17-4-2-3-5-18(17)15-19/h2-7,13,19-20,23-25,37H,8-12,14-15H2,1H3,(H2,30,38)(H,31,40)(H,32,39)(H,33,41)/t20-,23-,24?,25+/m1/s1. The van der Waals surface area contributed by atoms with Crippen molar-refractivity contribution >= 4 is 29.3 Å². The molecule has 1 aliphatic carbocycles. The molecule has 2 saturated heterocycles. The molecule has 5 rings (SSSR count). The zero-order valence-electron chi connectivity index (χ0n) is 24.1. The highest BCUT2D eigenvalue weighted by atomic mass is 16.6. The number of ether oxygens (including phenoxy) is 1. The van der Waals surface area contributed by atoms with Crippen LogP contribution in [0.5, 0.6) is 5.75 Å². The van der Waals surface area contributed by atoms with Gasteiger partial charge in [0, 0.05) is 38.7 Å². The number of phenolic OH excluding ortho intramolecular Hbond substituents is 1. The number of nitro benzene ring substituents is 1. The van der Waals surface area contributed by atoms with Crippen LogP contribution in [-0.2, 0) is 43.2 Å². The van der Waals surface area contributed by atoms with Gasteiger partial charge < -0.3 is 31.1 Å². The van der Waals surface area contributed by atoms with Crippen LogP contribution >= 0.6 is 0 Å². The summed E-state index contributed by atoms with van der Waals surface area (Å²) in [6, 6.07) is 8.90. The van der Waals surface area contributed by atoms with E-state index in [1.807, 2.05) is 31.3 Å². The molecule has 1 unspecified atom stereocenters. The quantitative estimate of drug-likeness (QED) is 0.116. The molecule has 2 fully saturated rings. The summed E-state index contributed by atoms with van der Waals surface area (Å²) in [5, 5.41) is 28.2. The van der Waals surface area contributed by atoms with E-state index in [9.17, 15) is 34.4 Å². The van der Waals surface area contributed by atoms with Crippen LogP contribution in [0.4, 0.5) is 5.69 Å². The first-order valence-electron chi connectivity index (χ1n) is 14.3. The number of benzene rings is 2. The van der Waals surface area contributed by atoms with Gasteiger partial charge in [-0.25, -0.2) is 5.01 Å². The van der Waals surface area contributed by atoms with Crippen LogP contribution in [0.25, 0.3) is 0 Å². The number of piperazine rings is 1. The number of aromatic hydroxyl groups is 1. The monoisotopic (exact) mass is 609 g/mol. The van der Waals surface area contributed by atoms with E-state index >= 15 is 0 Å². The van der Waals surface area contributed by atoms with Gasteiger partial charge in [0.1, 0.15) is 12.1 Å². The molecule has 2 aliphatic heterocycles. The van der Waals surface area contributed by atoms with Crippen molar-refractivity contribution in [2.75, 3.05) is 33.2 Å². The SMILES string of the molecule is CN1CCN(NC(=O)[C@H]2OC2C(=O)N[C@H](Cc2ccc(O)c([N+](=O)[O-])c2)C(=O)N[C@@H](C(N)=O)C2Cc3ccccc3C2)CC1. The molecule has 2 aromatic carbocycles. The number of carbonyl (C=O) groups excluding carboxylic acids is 4. The van der Waals surface area contributed by atoms with Gasteiger partial charge in [0.25, 0.3) is 11.8 Å². The van der Waals surface area contributed by atoms with Crippen molar-refractivity contribution < 1.29 is 33.9 Å². The second-order valence-electron chi connectivity index (χ2n) is 11.4. The van der Waals surface area contributed by atoms with Crippen LogP contribution in [0.1, 0.15) is 16.7 Å². The Morgan fingerprint density at radius 1 is 1.02 bits per heavy atom. The number of primary amides is 1. The van der Waals surface area contributed by atoms with Crippen LogP contribution in [0.3, 0.4) is 0 Å². The van der Waals surface area contributed by atoms with Crippen molar-refractivity contribution in [1.82, 2.24) is 26.0 Å². The Labute approximate surface area is 252 Å². The number of amides is 4. The van der Waals surface area contributed by atoms with E-state index in [0.29, 0.717) is 25.9 Å². The summed E-state index contributed by atoms with van der Waals surface area (Å²) >= 11 is 0. The number of epoxide rings is 1. The Morgan fingerprint density at radius 2 is 1.66 bits per heavy atom. The summed E-state index contributed by atoms with van der Waals surface area (Å²) in [5.41, 5.74) is 10.2. The fourth-order valence-electron chi connectivity index (χ4n) is 5.69. The number of hydrazine groups is 1. The molecule has 4 atom stereocenters. The molecule has 0 bridgehead atoms. The van der Waals surface area contributed by atoms with Crippen LogP contribution in [-0.4, -0.2) is 101 Å². The largest absolute Gasteiger partial charge is 0.502 e. The molecule has 2 aromatic rings. The molecule has 15 heteroatoms. The minimum atomic E-state index is -1.32. The molecule has 234 valence electrons. The predicted molar refractivity (Wildman–Crippen MR) is 155 cm³/mol. The molecule has 44 heavy (non-hydrogen) atoms. The van der Waals surface area contributed by atoms with Gasteiger partial charge in [0.05, 0.1) is 4.92 Å². The van der Waals surface area contributed by atoms with E-state index in [-0.39, 0.29) is 17.9 Å². The predicted octanol–water partition coefficient (Wildman–Crippen LogP) is -1.24. The Bertz CT molecular complexity index is 1440. The van der Waals surface area contributed by atoms with Crippen molar-refractivity contribution in [3.63, 3.8) is 0 Å². The number of fused-ring (bicyclic) bond motifs is 1. The summed E-state index contributed by atoms with van der Waals surface area (Å²) in [4.78, 5) is 64.7. The van der Waals surface area contributed by atoms with E-state index in [4.69, 9.17) is 10.5 Å². The fourth-order valence-corrected chi connectivity index (χ4v) is 5.69. The molecule has 0 radical (unpaired) electrons. The fraction of sp³-hybridized carbons (Fsp3) is 0.448. The lowest BCUT2D eigenvalue weighted by atomic mass is 9.95. The molecule has 15 nitrogen and oxygen atoms in total. The van der Waals surface area contributed by atoms with E-state index in [2.05, 4.69) is 21.0 Å². The Morgan fingerprint density at radius 3 is 2.27 bits per heavy atom. The topological polar surface area (TPSA) is 213 Å². The van der Waals surface area contributed by atoms with Gasteiger partial charge >= 0.3 is 5.69 Å². The average Bonchev–Trinajstić information content (AvgIpc) is 3.69. The Hall–Kier alpha value is -4.60. The molecular weight excluding hydrogens is 574 g/mol. The van der Waals surface area contributed by atoms with Gasteiger partial charge in [-0.05, 0) is 48.6 Å². The highest BCUT2D eigenvalue weighted by molar-refractivity contribution is 5.97. The molecule has 3 aliphatic rings. The van der Waals surface area contributed by atoms with Crippen LogP contribution in [0, 0.1) is 16.0 Å². The Balaban J connectivity index is 1.28. The molecule has 0 saturated carbocycles. The first kappa shape index (κ1) is 30.8. The minimum absolute atomic E-state index is 0.222. The zero-order chi connectivity index (χ0) is 31.5. The van der Waals surface area contributed by atoms with Crippen LogP contribution in [0.15, 0.2) is 42.5 Å². The summed E-state index contributed by atoms with van der Waals surface area (Å²) in [6.07, 6.45) is -1.39. The number of carbonyl (C=O) groups is 4. The van der Waals surface area contributed by atoms with Gasteiger partial charge in [-0.3, -0.25) is 34.7 Å². The van der Waals surface area contributed by atoms with Gasteiger partial charge in [0.15, 0.2) is 18.0 Å². The molecule has 0 spiro atoms. The van der Waals surface area contributed by atoms with Gasteiger partial charge in [-0.2, -0.15) is 0 Å². The van der Waals surface area contributed by atoms with Gasteiger partial charge in [-0.15, -0.1) is 0 Å². The molecule has 4 amide bonds. The first-order chi connectivity index (χ1) is 21.0. The lowest BCUT2D eigenvalue weighted by Crippen LogP contribution is -2.57. The summed E-state index contributed by atoms with van der Waals surface area (Å²) in [5.74, 6) is -3.57. The van der Waals surface area contributed by atoms with Crippen molar-refractivity contribution in [3.05, 3.63) is 69.3 Å². The number of rotatable bonds is 11. The van der Waals surface area contributed by atoms with Crippen molar-refractivity contribution in [2.45, 2.75) is 43.6 Å². The van der Waals surface area contributed by atoms with E-state index in [0.717, 1.165) is 36.3 Å². The third kappa shape index (κ3) is 7.12. The third-order valence-electron chi connectivity index (χ3n) is 8.25. The normalized spacial score (nSPS) is 21.5. The molecule has 2 heterocycles. The highest BCUT2D eigenvalue weighted by Gasteiger charge is 2.51. The summed E-state index contributed by atoms with van der Waals surface area (Å²) < 4.78 is 5.35. The van der Waals surface area contributed by atoms with Gasteiger partial charge in [0.2, 0.25) is 11.8 Å². The number of nitrogens with zero attached hydrogens (tertiary/aromatic N) is 3. The number of nitrogens with one attached hydrogen (secondary N) is 3. The number of nitrogens with two attached hydrogens (primary N) is 1. The van der Waals surface area contributed by atoms with Crippen molar-refractivity contribution in [2.24, 2.45) is 11.7 Å². The maximum atomic E-state index is 13.6. The maximum Gasteiger partial charge on any atom is 0.310 e.